The average molecular weight is 418 g/mol. The Kier molecular flexibility index (Phi) is 6.72. The second-order valence-corrected chi connectivity index (χ2v) is 6.85. The number of halogens is 1. The summed E-state index contributed by atoms with van der Waals surface area (Å²) in [4.78, 5) is 35.9. The summed E-state index contributed by atoms with van der Waals surface area (Å²) in [6, 6.07) is 11.5. The third-order valence-electron chi connectivity index (χ3n) is 4.29. The average Bonchev–Trinajstić information content (AvgIpc) is 2.72. The van der Waals surface area contributed by atoms with Gasteiger partial charge in [0.2, 0.25) is 0 Å². The zero-order valence-corrected chi connectivity index (χ0v) is 16.5. The number of amides is 1. The van der Waals surface area contributed by atoms with Crippen LogP contribution in [0.4, 0.5) is 5.69 Å². The summed E-state index contributed by atoms with van der Waals surface area (Å²) in [6.07, 6.45) is 0.436. The molecule has 29 heavy (non-hydrogen) atoms. The maximum Gasteiger partial charge on any atom is 0.338 e. The summed E-state index contributed by atoms with van der Waals surface area (Å²) in [5.41, 5.74) is 1.69. The highest BCUT2D eigenvalue weighted by molar-refractivity contribution is 6.30. The van der Waals surface area contributed by atoms with Gasteiger partial charge in [-0.05, 0) is 61.4 Å². The molecule has 1 atom stereocenters. The first-order valence-corrected chi connectivity index (χ1v) is 9.49. The first-order chi connectivity index (χ1) is 14.0. The fourth-order valence-corrected chi connectivity index (χ4v) is 3.06. The molecule has 0 bridgehead atoms. The Morgan fingerprint density at radius 1 is 1.14 bits per heavy atom. The largest absolute Gasteiger partial charge is 0.492 e. The second kappa shape index (κ2) is 9.43. The molecule has 3 rings (SSSR count). The molecule has 0 saturated carbocycles. The Labute approximate surface area is 172 Å². The number of rotatable bonds is 6. The molecule has 1 aliphatic heterocycles. The molecule has 0 spiro atoms. The molecule has 1 heterocycles. The van der Waals surface area contributed by atoms with Crippen LogP contribution >= 0.6 is 11.6 Å². The van der Waals surface area contributed by atoms with Crippen LogP contribution in [0.5, 0.6) is 5.75 Å². The molecular weight excluding hydrogens is 398 g/mol. The molecule has 8 heteroatoms. The van der Waals surface area contributed by atoms with Crippen molar-refractivity contribution in [3.63, 3.8) is 0 Å². The predicted octanol–water partition coefficient (Wildman–Crippen LogP) is 3.25. The minimum Gasteiger partial charge on any atom is -0.492 e. The zero-order chi connectivity index (χ0) is 20.8. The van der Waals surface area contributed by atoms with E-state index in [1.807, 2.05) is 0 Å². The van der Waals surface area contributed by atoms with E-state index in [0.29, 0.717) is 28.4 Å². The molecular formula is C21H20ClNO6. The molecule has 1 amide bonds. The van der Waals surface area contributed by atoms with Gasteiger partial charge in [0, 0.05) is 10.7 Å². The summed E-state index contributed by atoms with van der Waals surface area (Å²) in [5.74, 6) is -1.23. The standard InChI is InChI=1S/C21H20ClNO6/c1-2-27-20(25)13-3-6-17(7-4-13)23-19(24)12-29-21(26)15-9-14-10-16(22)5-8-18(14)28-11-15/h3-8,10,15H,2,9,11-12H2,1H3,(H,23,24)/t15-/m1/s1. The molecule has 0 unspecified atom stereocenters. The molecule has 1 aliphatic rings. The van der Waals surface area contributed by atoms with Crippen LogP contribution in [0.2, 0.25) is 5.02 Å². The zero-order valence-electron chi connectivity index (χ0n) is 15.8. The number of hydrogen-bond donors (Lipinski definition) is 1. The van der Waals surface area contributed by atoms with Crippen LogP contribution in [0.25, 0.3) is 0 Å². The summed E-state index contributed by atoms with van der Waals surface area (Å²) in [7, 11) is 0. The highest BCUT2D eigenvalue weighted by atomic mass is 35.5. The monoisotopic (exact) mass is 417 g/mol. The number of ether oxygens (including phenoxy) is 3. The highest BCUT2D eigenvalue weighted by Gasteiger charge is 2.28. The Hall–Kier alpha value is -3.06. The minimum absolute atomic E-state index is 0.185. The third kappa shape index (κ3) is 5.48. The lowest BCUT2D eigenvalue weighted by molar-refractivity contribution is -0.152. The van der Waals surface area contributed by atoms with E-state index in [2.05, 4.69) is 5.32 Å². The summed E-state index contributed by atoms with van der Waals surface area (Å²) in [6.45, 7) is 1.77. The number of nitrogens with one attached hydrogen (secondary N) is 1. The number of esters is 2. The normalized spacial score (nSPS) is 14.9. The molecule has 0 radical (unpaired) electrons. The Bertz CT molecular complexity index is 912. The van der Waals surface area contributed by atoms with Gasteiger partial charge in [-0.25, -0.2) is 4.79 Å². The fourth-order valence-electron chi connectivity index (χ4n) is 2.87. The van der Waals surface area contributed by atoms with Gasteiger partial charge in [0.25, 0.3) is 5.91 Å². The molecule has 2 aromatic rings. The maximum atomic E-state index is 12.3. The number of benzene rings is 2. The van der Waals surface area contributed by atoms with E-state index in [4.69, 9.17) is 25.8 Å². The van der Waals surface area contributed by atoms with Crippen molar-refractivity contribution in [1.82, 2.24) is 0 Å². The van der Waals surface area contributed by atoms with Crippen LogP contribution in [-0.4, -0.2) is 37.7 Å². The van der Waals surface area contributed by atoms with Gasteiger partial charge in [-0.2, -0.15) is 0 Å². The third-order valence-corrected chi connectivity index (χ3v) is 4.52. The van der Waals surface area contributed by atoms with Gasteiger partial charge >= 0.3 is 11.9 Å². The van der Waals surface area contributed by atoms with Crippen LogP contribution < -0.4 is 10.1 Å². The lowest BCUT2D eigenvalue weighted by Crippen LogP contribution is -2.32. The van der Waals surface area contributed by atoms with Crippen molar-refractivity contribution in [2.24, 2.45) is 5.92 Å². The molecule has 2 aromatic carbocycles. The van der Waals surface area contributed by atoms with Gasteiger partial charge in [0.05, 0.1) is 18.1 Å². The number of carbonyl (C=O) groups excluding carboxylic acids is 3. The van der Waals surface area contributed by atoms with Gasteiger partial charge in [-0.1, -0.05) is 11.6 Å². The predicted molar refractivity (Wildman–Crippen MR) is 106 cm³/mol. The number of hydrogen-bond acceptors (Lipinski definition) is 6. The van der Waals surface area contributed by atoms with Gasteiger partial charge in [-0.15, -0.1) is 0 Å². The van der Waals surface area contributed by atoms with Gasteiger partial charge in [0.1, 0.15) is 12.4 Å². The van der Waals surface area contributed by atoms with Crippen molar-refractivity contribution in [2.75, 3.05) is 25.1 Å². The Morgan fingerprint density at radius 2 is 1.90 bits per heavy atom. The Morgan fingerprint density at radius 3 is 2.62 bits per heavy atom. The summed E-state index contributed by atoms with van der Waals surface area (Å²) in [5, 5.41) is 3.17. The topological polar surface area (TPSA) is 90.9 Å². The van der Waals surface area contributed by atoms with Crippen LogP contribution in [0.15, 0.2) is 42.5 Å². The van der Waals surface area contributed by atoms with Crippen molar-refractivity contribution in [3.05, 3.63) is 58.6 Å². The van der Waals surface area contributed by atoms with Gasteiger partial charge in [0.15, 0.2) is 6.61 Å². The van der Waals surface area contributed by atoms with E-state index in [1.165, 1.54) is 0 Å². The Balaban J connectivity index is 1.48. The smallest absolute Gasteiger partial charge is 0.338 e. The molecule has 0 saturated heterocycles. The maximum absolute atomic E-state index is 12.3. The van der Waals surface area contributed by atoms with Gasteiger partial charge in [-0.3, -0.25) is 9.59 Å². The number of fused-ring (bicyclic) bond motifs is 1. The second-order valence-electron chi connectivity index (χ2n) is 6.42. The van der Waals surface area contributed by atoms with E-state index in [9.17, 15) is 14.4 Å². The lowest BCUT2D eigenvalue weighted by atomic mass is 9.97. The molecule has 152 valence electrons. The van der Waals surface area contributed by atoms with Crippen molar-refractivity contribution in [3.8, 4) is 5.75 Å². The quantitative estimate of drug-likeness (QED) is 0.725. The van der Waals surface area contributed by atoms with E-state index >= 15 is 0 Å². The van der Waals surface area contributed by atoms with E-state index in [-0.39, 0.29) is 13.2 Å². The lowest BCUT2D eigenvalue weighted by Gasteiger charge is -2.24. The molecule has 0 aromatic heterocycles. The minimum atomic E-state index is -0.511. The van der Waals surface area contributed by atoms with E-state index in [1.54, 1.807) is 49.4 Å². The number of carbonyl (C=O) groups is 3. The van der Waals surface area contributed by atoms with Crippen LogP contribution in [-0.2, 0) is 25.5 Å². The number of anilines is 1. The van der Waals surface area contributed by atoms with Crippen molar-refractivity contribution in [1.29, 1.82) is 0 Å². The van der Waals surface area contributed by atoms with E-state index < -0.39 is 30.4 Å². The molecule has 1 N–H and O–H groups in total. The van der Waals surface area contributed by atoms with Crippen LogP contribution in [0.1, 0.15) is 22.8 Å². The molecule has 0 fully saturated rings. The fraction of sp³-hybridized carbons (Fsp3) is 0.286. The molecule has 0 aliphatic carbocycles. The van der Waals surface area contributed by atoms with Crippen LogP contribution in [0, 0.1) is 5.92 Å². The summed E-state index contributed by atoms with van der Waals surface area (Å²) < 4.78 is 15.6. The molecule has 7 nitrogen and oxygen atoms in total. The van der Waals surface area contributed by atoms with E-state index in [0.717, 1.165) is 5.56 Å². The first-order valence-electron chi connectivity index (χ1n) is 9.11. The first kappa shape index (κ1) is 20.7. The highest BCUT2D eigenvalue weighted by Crippen LogP contribution is 2.30. The van der Waals surface area contributed by atoms with Crippen LogP contribution in [0.3, 0.4) is 0 Å². The van der Waals surface area contributed by atoms with Gasteiger partial charge < -0.3 is 19.5 Å². The summed E-state index contributed by atoms with van der Waals surface area (Å²) >= 11 is 5.98. The van der Waals surface area contributed by atoms with Crippen molar-refractivity contribution >= 4 is 35.1 Å². The SMILES string of the molecule is CCOC(=O)c1ccc(NC(=O)COC(=O)[C@H]2COc3ccc(Cl)cc3C2)cc1. The van der Waals surface area contributed by atoms with Crippen molar-refractivity contribution < 1.29 is 28.6 Å². The van der Waals surface area contributed by atoms with Crippen molar-refractivity contribution in [2.45, 2.75) is 13.3 Å².